The van der Waals surface area contributed by atoms with Crippen LogP contribution in [0.3, 0.4) is 0 Å². The Labute approximate surface area is 337 Å². The third-order valence-electron chi connectivity index (χ3n) is 11.1. The summed E-state index contributed by atoms with van der Waals surface area (Å²) in [7, 11) is 2.57. The Morgan fingerprint density at radius 1 is 0.759 bits per heavy atom. The summed E-state index contributed by atoms with van der Waals surface area (Å²) in [5.41, 5.74) is 5.09. The molecule has 4 N–H and O–H groups in total. The van der Waals surface area contributed by atoms with Gasteiger partial charge in [-0.3, -0.25) is 9.59 Å². The number of ether oxygens (including phenoxy) is 2. The Bertz CT molecular complexity index is 2410. The molecule has 5 aromatic rings. The molecule has 0 aliphatic carbocycles. The van der Waals surface area contributed by atoms with Gasteiger partial charge in [-0.05, 0) is 72.6 Å². The smallest absolute Gasteiger partial charge is 0.407 e. The van der Waals surface area contributed by atoms with Gasteiger partial charge in [0.1, 0.15) is 23.7 Å². The van der Waals surface area contributed by atoms with E-state index in [-0.39, 0.29) is 35.7 Å². The number of hydrogen-bond donors (Lipinski definition) is 4. The zero-order valence-corrected chi connectivity index (χ0v) is 33.7. The number of aromatic amines is 2. The molecule has 14 heteroatoms. The minimum absolute atomic E-state index is 0.120. The van der Waals surface area contributed by atoms with E-state index in [1.807, 2.05) is 76.4 Å². The lowest BCUT2D eigenvalue weighted by Gasteiger charge is -2.30. The van der Waals surface area contributed by atoms with Crippen molar-refractivity contribution in [3.63, 3.8) is 0 Å². The van der Waals surface area contributed by atoms with Crippen LogP contribution in [0.25, 0.3) is 33.1 Å². The van der Waals surface area contributed by atoms with Crippen LogP contribution in [0.5, 0.6) is 0 Å². The molecule has 4 amide bonds. The van der Waals surface area contributed by atoms with Gasteiger partial charge < -0.3 is 39.9 Å². The van der Waals surface area contributed by atoms with Crippen LogP contribution in [0.4, 0.5) is 9.59 Å². The van der Waals surface area contributed by atoms with Crippen molar-refractivity contribution in [2.45, 2.75) is 77.5 Å². The molecule has 4 heterocycles. The molecule has 302 valence electrons. The third kappa shape index (κ3) is 8.07. The number of H-pyrrole nitrogens is 2. The average Bonchev–Trinajstić information content (AvgIpc) is 4.06. The average molecular weight is 787 g/mol. The number of fused-ring (bicyclic) bond motifs is 2. The molecule has 2 saturated heterocycles. The molecule has 58 heavy (non-hydrogen) atoms. The van der Waals surface area contributed by atoms with Gasteiger partial charge in [0, 0.05) is 29.8 Å². The van der Waals surface area contributed by atoms with Crippen LogP contribution >= 0.6 is 0 Å². The highest BCUT2D eigenvalue weighted by molar-refractivity contribution is 5.99. The number of amides is 4. The molecule has 2 aliphatic heterocycles. The number of carbonyl (C=O) groups is 4. The summed E-state index contributed by atoms with van der Waals surface area (Å²) < 4.78 is 9.55. The van der Waals surface area contributed by atoms with E-state index in [0.29, 0.717) is 24.7 Å². The SMILES string of the molecule is COC(=O)NC(C(=O)N1CCCC1c1ncc(-c2cccc3c(C#Cc4ccc5nc(C6CCCN6C(=O)C(NC(=O)OC)C(C)C)[nH]c5c4)cccc23)[nH]1)C(C)C. The summed E-state index contributed by atoms with van der Waals surface area (Å²) in [6, 6.07) is 16.1. The van der Waals surface area contributed by atoms with Crippen molar-refractivity contribution in [1.29, 1.82) is 0 Å². The van der Waals surface area contributed by atoms with E-state index in [1.54, 1.807) is 9.80 Å². The van der Waals surface area contributed by atoms with Crippen molar-refractivity contribution in [2.24, 2.45) is 11.8 Å². The molecule has 2 aromatic heterocycles. The van der Waals surface area contributed by atoms with Crippen molar-refractivity contribution in [3.05, 3.63) is 83.6 Å². The molecule has 7 rings (SSSR count). The second-order valence-corrected chi connectivity index (χ2v) is 15.6. The minimum Gasteiger partial charge on any atom is -0.453 e. The van der Waals surface area contributed by atoms with Gasteiger partial charge in [0.25, 0.3) is 0 Å². The molecule has 2 fully saturated rings. The molecule has 0 saturated carbocycles. The van der Waals surface area contributed by atoms with E-state index in [0.717, 1.165) is 69.9 Å². The van der Waals surface area contributed by atoms with Crippen molar-refractivity contribution in [2.75, 3.05) is 27.3 Å². The van der Waals surface area contributed by atoms with E-state index >= 15 is 0 Å². The van der Waals surface area contributed by atoms with Gasteiger partial charge in [0.05, 0.1) is 49.2 Å². The van der Waals surface area contributed by atoms with Gasteiger partial charge in [0.2, 0.25) is 11.8 Å². The number of benzene rings is 3. The lowest BCUT2D eigenvalue weighted by molar-refractivity contribution is -0.136. The number of rotatable bonds is 9. The number of carbonyl (C=O) groups excluding carboxylic acids is 4. The van der Waals surface area contributed by atoms with E-state index < -0.39 is 24.3 Å². The lowest BCUT2D eigenvalue weighted by Crippen LogP contribution is -2.51. The number of methoxy groups -OCH3 is 2. The molecular weight excluding hydrogens is 737 g/mol. The molecule has 0 spiro atoms. The van der Waals surface area contributed by atoms with Crippen molar-refractivity contribution < 1.29 is 28.7 Å². The summed E-state index contributed by atoms with van der Waals surface area (Å²) in [6.45, 7) is 8.74. The summed E-state index contributed by atoms with van der Waals surface area (Å²) >= 11 is 0. The summed E-state index contributed by atoms with van der Waals surface area (Å²) in [4.78, 5) is 71.5. The molecule has 3 aromatic carbocycles. The number of aromatic nitrogens is 4. The van der Waals surface area contributed by atoms with Crippen LogP contribution in [-0.2, 0) is 19.1 Å². The maximum atomic E-state index is 13.7. The van der Waals surface area contributed by atoms with Crippen molar-refractivity contribution in [3.8, 4) is 23.1 Å². The third-order valence-corrected chi connectivity index (χ3v) is 11.1. The Kier molecular flexibility index (Phi) is 11.7. The van der Waals surface area contributed by atoms with Gasteiger partial charge in [0.15, 0.2) is 0 Å². The first-order chi connectivity index (χ1) is 28.0. The molecule has 4 unspecified atom stereocenters. The van der Waals surface area contributed by atoms with Crippen LogP contribution < -0.4 is 10.6 Å². The standard InChI is InChI=1S/C44H50N8O6/c1-25(2)37(49-43(55)57-5)41(53)51-21-9-15-35(51)39-45-24-34(48-39)31-14-8-12-29-28(11-7-13-30(29)31)19-17-27-18-20-32-33(23-27)47-40(46-32)36-16-10-22-52(36)42(54)38(26(3)4)50-44(56)58-6/h7-8,11-14,18,20,23-26,35-38H,9-10,15-16,21-22H2,1-6H3,(H,45,48)(H,46,47)(H,49,55)(H,50,56). The van der Waals surface area contributed by atoms with Gasteiger partial charge in [-0.25, -0.2) is 19.6 Å². The molecule has 0 bridgehead atoms. The summed E-state index contributed by atoms with van der Waals surface area (Å²) in [5, 5.41) is 7.41. The molecule has 0 radical (unpaired) electrons. The largest absolute Gasteiger partial charge is 0.453 e. The number of nitrogens with zero attached hydrogens (tertiary/aromatic N) is 4. The van der Waals surface area contributed by atoms with Crippen LogP contribution in [0, 0.1) is 23.7 Å². The molecule has 14 nitrogen and oxygen atoms in total. The topological polar surface area (TPSA) is 175 Å². The zero-order valence-electron chi connectivity index (χ0n) is 33.7. The van der Waals surface area contributed by atoms with E-state index in [1.165, 1.54) is 14.2 Å². The maximum absolute atomic E-state index is 13.7. The first-order valence-corrected chi connectivity index (χ1v) is 19.9. The van der Waals surface area contributed by atoms with Crippen LogP contribution in [0.1, 0.15) is 88.2 Å². The Balaban J connectivity index is 1.11. The molecular formula is C44H50N8O6. The first-order valence-electron chi connectivity index (χ1n) is 19.9. The van der Waals surface area contributed by atoms with Crippen molar-refractivity contribution >= 4 is 45.8 Å². The maximum Gasteiger partial charge on any atom is 0.407 e. The number of imidazole rings is 2. The second-order valence-electron chi connectivity index (χ2n) is 15.6. The highest BCUT2D eigenvalue weighted by atomic mass is 16.5. The minimum atomic E-state index is -0.707. The first kappa shape index (κ1) is 39.9. The number of hydrogen-bond acceptors (Lipinski definition) is 8. The molecule has 2 aliphatic rings. The van der Waals surface area contributed by atoms with E-state index in [9.17, 15) is 19.2 Å². The second kappa shape index (κ2) is 17.0. The Hall–Kier alpha value is -6.36. The monoisotopic (exact) mass is 786 g/mol. The zero-order chi connectivity index (χ0) is 41.1. The molecule has 4 atom stereocenters. The Morgan fingerprint density at radius 2 is 1.36 bits per heavy atom. The van der Waals surface area contributed by atoms with Gasteiger partial charge >= 0.3 is 12.2 Å². The number of nitrogens with one attached hydrogen (secondary N) is 4. The number of likely N-dealkylation sites (tertiary alicyclic amines) is 2. The normalized spacial score (nSPS) is 17.7. The van der Waals surface area contributed by atoms with Crippen molar-refractivity contribution in [1.82, 2.24) is 40.4 Å². The van der Waals surface area contributed by atoms with Gasteiger partial charge in [-0.1, -0.05) is 69.9 Å². The van der Waals surface area contributed by atoms with Gasteiger partial charge in [-0.2, -0.15) is 0 Å². The van der Waals surface area contributed by atoms with Crippen LogP contribution in [-0.4, -0.2) is 93.1 Å². The fourth-order valence-corrected chi connectivity index (χ4v) is 8.09. The fraction of sp³-hybridized carbons (Fsp3) is 0.409. The highest BCUT2D eigenvalue weighted by Gasteiger charge is 2.39. The van der Waals surface area contributed by atoms with Crippen LogP contribution in [0.15, 0.2) is 60.8 Å². The lowest BCUT2D eigenvalue weighted by atomic mass is 9.98. The highest BCUT2D eigenvalue weighted by Crippen LogP contribution is 2.36. The predicted octanol–water partition coefficient (Wildman–Crippen LogP) is 6.59. The van der Waals surface area contributed by atoms with E-state index in [2.05, 4.69) is 44.6 Å². The summed E-state index contributed by atoms with van der Waals surface area (Å²) in [5.74, 6) is 7.60. The van der Waals surface area contributed by atoms with Crippen LogP contribution in [0.2, 0.25) is 0 Å². The van der Waals surface area contributed by atoms with E-state index in [4.69, 9.17) is 19.4 Å². The quantitative estimate of drug-likeness (QED) is 0.121. The summed E-state index contributed by atoms with van der Waals surface area (Å²) in [6.07, 6.45) is 3.73. The predicted molar refractivity (Wildman–Crippen MR) is 219 cm³/mol. The fourth-order valence-electron chi connectivity index (χ4n) is 8.09. The number of alkyl carbamates (subject to hydrolysis) is 2. The Morgan fingerprint density at radius 3 is 1.98 bits per heavy atom. The van der Waals surface area contributed by atoms with Gasteiger partial charge in [-0.15, -0.1) is 0 Å².